The lowest BCUT2D eigenvalue weighted by Crippen LogP contribution is -1.93. The highest BCUT2D eigenvalue weighted by Gasteiger charge is 2.04. The largest absolute Gasteiger partial charge is 0.508 e. The lowest BCUT2D eigenvalue weighted by Gasteiger charge is -2.07. The lowest BCUT2D eigenvalue weighted by atomic mass is 10.1. The van der Waals surface area contributed by atoms with E-state index in [1.807, 2.05) is 27.7 Å². The average Bonchev–Trinajstić information content (AvgIpc) is 2.34. The monoisotopic (exact) mass is 228 g/mol. The van der Waals surface area contributed by atoms with Crippen molar-refractivity contribution >= 4 is 0 Å². The van der Waals surface area contributed by atoms with Crippen molar-refractivity contribution < 1.29 is 15.3 Å². The number of hydrogen-bond donors (Lipinski definition) is 3. The van der Waals surface area contributed by atoms with Crippen molar-refractivity contribution in [1.82, 2.24) is 0 Å². The van der Waals surface area contributed by atoms with E-state index in [4.69, 9.17) is 5.11 Å². The van der Waals surface area contributed by atoms with E-state index >= 15 is 0 Å². The van der Waals surface area contributed by atoms with Crippen molar-refractivity contribution in [3.05, 3.63) is 29.3 Å². The second kappa shape index (κ2) is 10.5. The Kier molecular flexibility index (Phi) is 11.3. The Morgan fingerprint density at radius 1 is 1.12 bits per heavy atom. The molecule has 94 valence electrons. The summed E-state index contributed by atoms with van der Waals surface area (Å²) in [7, 11) is 0. The first-order valence-electron chi connectivity index (χ1n) is 5.76. The van der Waals surface area contributed by atoms with Gasteiger partial charge in [0.1, 0.15) is 5.75 Å². The minimum Gasteiger partial charge on any atom is -0.508 e. The molecular formula is C13H24O3. The molecule has 0 radical (unpaired) electrons. The van der Waals surface area contributed by atoms with Crippen LogP contribution in [0.3, 0.4) is 0 Å². The molecule has 1 atom stereocenters. The standard InChI is InChI=1S/C9H12O3.2C2H6/c1-6(11)7-2-3-9(12)8(4-7)5-10;2*1-2/h2-4,6,10-12H,5H2,1H3;2*1-2H3. The number of benzene rings is 1. The van der Waals surface area contributed by atoms with Crippen LogP contribution < -0.4 is 0 Å². The molecule has 0 fully saturated rings. The molecule has 0 aliphatic rings. The van der Waals surface area contributed by atoms with Gasteiger partial charge < -0.3 is 15.3 Å². The second-order valence-corrected chi connectivity index (χ2v) is 2.72. The van der Waals surface area contributed by atoms with Gasteiger partial charge in [0, 0.05) is 5.56 Å². The van der Waals surface area contributed by atoms with Gasteiger partial charge in [0.25, 0.3) is 0 Å². The maximum atomic E-state index is 9.18. The summed E-state index contributed by atoms with van der Waals surface area (Å²) in [5, 5.41) is 27.1. The molecule has 0 heterocycles. The second-order valence-electron chi connectivity index (χ2n) is 2.72. The fraction of sp³-hybridized carbons (Fsp3) is 0.538. The molecule has 0 aliphatic heterocycles. The van der Waals surface area contributed by atoms with E-state index in [0.717, 1.165) is 0 Å². The van der Waals surface area contributed by atoms with Crippen molar-refractivity contribution in [2.75, 3.05) is 0 Å². The molecule has 0 aliphatic carbocycles. The van der Waals surface area contributed by atoms with Crippen molar-refractivity contribution in [1.29, 1.82) is 0 Å². The van der Waals surface area contributed by atoms with Gasteiger partial charge in [-0.3, -0.25) is 0 Å². The van der Waals surface area contributed by atoms with Crippen LogP contribution in [-0.4, -0.2) is 15.3 Å². The Labute approximate surface area is 98.4 Å². The number of aliphatic hydroxyl groups excluding tert-OH is 2. The molecule has 0 amide bonds. The third-order valence-electron chi connectivity index (χ3n) is 1.76. The van der Waals surface area contributed by atoms with Crippen LogP contribution in [0.4, 0.5) is 0 Å². The Balaban J connectivity index is 0. The van der Waals surface area contributed by atoms with Crippen LogP contribution in [0.5, 0.6) is 5.75 Å². The van der Waals surface area contributed by atoms with Crippen LogP contribution >= 0.6 is 0 Å². The zero-order valence-electron chi connectivity index (χ0n) is 10.9. The third-order valence-corrected chi connectivity index (χ3v) is 1.76. The van der Waals surface area contributed by atoms with Gasteiger partial charge in [0.2, 0.25) is 0 Å². The van der Waals surface area contributed by atoms with Gasteiger partial charge in [-0.25, -0.2) is 0 Å². The molecule has 1 unspecified atom stereocenters. The molecule has 16 heavy (non-hydrogen) atoms. The van der Waals surface area contributed by atoms with Crippen molar-refractivity contribution in [2.24, 2.45) is 0 Å². The van der Waals surface area contributed by atoms with Gasteiger partial charge >= 0.3 is 0 Å². The van der Waals surface area contributed by atoms with E-state index in [0.29, 0.717) is 11.1 Å². The Hall–Kier alpha value is -1.06. The van der Waals surface area contributed by atoms with E-state index in [1.54, 1.807) is 19.1 Å². The zero-order valence-corrected chi connectivity index (χ0v) is 10.9. The van der Waals surface area contributed by atoms with Crippen molar-refractivity contribution in [3.8, 4) is 5.75 Å². The predicted molar refractivity (Wildman–Crippen MR) is 67.4 cm³/mol. The molecule has 0 bridgehead atoms. The van der Waals surface area contributed by atoms with E-state index in [2.05, 4.69) is 0 Å². The van der Waals surface area contributed by atoms with Gasteiger partial charge in [-0.05, 0) is 24.6 Å². The van der Waals surface area contributed by atoms with Gasteiger partial charge in [-0.15, -0.1) is 0 Å². The van der Waals surface area contributed by atoms with E-state index in [1.165, 1.54) is 6.07 Å². The third kappa shape index (κ3) is 5.73. The fourth-order valence-electron chi connectivity index (χ4n) is 0.992. The van der Waals surface area contributed by atoms with Crippen LogP contribution in [0.25, 0.3) is 0 Å². The number of aliphatic hydroxyl groups is 2. The zero-order chi connectivity index (χ0) is 13.1. The first-order chi connectivity index (χ1) is 7.65. The summed E-state index contributed by atoms with van der Waals surface area (Å²) in [6.45, 7) is 9.42. The minimum atomic E-state index is -0.573. The lowest BCUT2D eigenvalue weighted by molar-refractivity contribution is 0.198. The Morgan fingerprint density at radius 3 is 2.00 bits per heavy atom. The van der Waals surface area contributed by atoms with Gasteiger partial charge in [-0.1, -0.05) is 33.8 Å². The topological polar surface area (TPSA) is 60.7 Å². The molecule has 3 nitrogen and oxygen atoms in total. The average molecular weight is 228 g/mol. The summed E-state index contributed by atoms with van der Waals surface area (Å²) < 4.78 is 0. The van der Waals surface area contributed by atoms with Crippen molar-refractivity contribution in [3.63, 3.8) is 0 Å². The molecule has 3 N–H and O–H groups in total. The highest BCUT2D eigenvalue weighted by atomic mass is 16.3. The number of phenols is 1. The minimum absolute atomic E-state index is 0.0573. The van der Waals surface area contributed by atoms with Gasteiger partial charge in [-0.2, -0.15) is 0 Å². The SMILES string of the molecule is CC.CC.CC(O)c1ccc(O)c(CO)c1. The van der Waals surface area contributed by atoms with E-state index < -0.39 is 6.10 Å². The molecule has 0 saturated carbocycles. The van der Waals surface area contributed by atoms with Crippen LogP contribution in [0.15, 0.2) is 18.2 Å². The predicted octanol–water partition coefficient (Wildman–Crippen LogP) is 2.99. The molecule has 3 heteroatoms. The highest BCUT2D eigenvalue weighted by molar-refractivity contribution is 5.36. The van der Waals surface area contributed by atoms with Gasteiger partial charge in [0.05, 0.1) is 12.7 Å². The van der Waals surface area contributed by atoms with Crippen LogP contribution in [0.1, 0.15) is 51.8 Å². The van der Waals surface area contributed by atoms with Crippen LogP contribution in [-0.2, 0) is 6.61 Å². The summed E-state index contributed by atoms with van der Waals surface area (Å²) >= 11 is 0. The number of hydrogen-bond acceptors (Lipinski definition) is 3. The first-order valence-corrected chi connectivity index (χ1v) is 5.76. The van der Waals surface area contributed by atoms with Crippen LogP contribution in [0, 0.1) is 0 Å². The molecular weight excluding hydrogens is 204 g/mol. The quantitative estimate of drug-likeness (QED) is 0.729. The Morgan fingerprint density at radius 2 is 1.62 bits per heavy atom. The molecule has 1 aromatic carbocycles. The molecule has 0 saturated heterocycles. The summed E-state index contributed by atoms with van der Waals surface area (Å²) in [6, 6.07) is 4.67. The normalized spacial score (nSPS) is 10.4. The molecule has 1 rings (SSSR count). The smallest absolute Gasteiger partial charge is 0.121 e. The molecule has 0 aromatic heterocycles. The Bertz CT molecular complexity index is 270. The summed E-state index contributed by atoms with van der Waals surface area (Å²) in [6.07, 6.45) is -0.573. The van der Waals surface area contributed by atoms with E-state index in [9.17, 15) is 10.2 Å². The first kappa shape index (κ1) is 17.3. The molecule has 0 spiro atoms. The summed E-state index contributed by atoms with van der Waals surface area (Å²) in [4.78, 5) is 0. The van der Waals surface area contributed by atoms with Gasteiger partial charge in [0.15, 0.2) is 0 Å². The number of aromatic hydroxyl groups is 1. The highest BCUT2D eigenvalue weighted by Crippen LogP contribution is 2.21. The number of rotatable bonds is 2. The maximum Gasteiger partial charge on any atom is 0.121 e. The van der Waals surface area contributed by atoms with E-state index in [-0.39, 0.29) is 12.4 Å². The summed E-state index contributed by atoms with van der Waals surface area (Å²) in [5.74, 6) is 0.0573. The summed E-state index contributed by atoms with van der Waals surface area (Å²) in [5.41, 5.74) is 1.13. The maximum absolute atomic E-state index is 9.18. The van der Waals surface area contributed by atoms with Crippen molar-refractivity contribution in [2.45, 2.75) is 47.3 Å². The van der Waals surface area contributed by atoms with Crippen LogP contribution in [0.2, 0.25) is 0 Å². The molecule has 1 aromatic rings. The fourth-order valence-corrected chi connectivity index (χ4v) is 0.992.